The molecule has 6 nitrogen and oxygen atoms in total. The van der Waals surface area contributed by atoms with Gasteiger partial charge >= 0.3 is 0 Å². The molecule has 160 valence electrons. The number of aromatic nitrogens is 1. The predicted molar refractivity (Wildman–Crippen MR) is 124 cm³/mol. The summed E-state index contributed by atoms with van der Waals surface area (Å²) in [6, 6.07) is 17.8. The van der Waals surface area contributed by atoms with Crippen LogP contribution in [0, 0.1) is 12.8 Å². The van der Waals surface area contributed by atoms with Gasteiger partial charge in [-0.1, -0.05) is 36.4 Å². The number of likely N-dealkylation sites (tertiary alicyclic amines) is 1. The molecule has 0 spiro atoms. The number of amides is 2. The second kappa shape index (κ2) is 9.71. The van der Waals surface area contributed by atoms with Crippen molar-refractivity contribution in [1.29, 1.82) is 0 Å². The maximum absolute atomic E-state index is 12.5. The molecule has 2 amide bonds. The number of benzene rings is 2. The fraction of sp³-hybridized carbons (Fsp3) is 0.320. The van der Waals surface area contributed by atoms with Gasteiger partial charge in [0, 0.05) is 36.2 Å². The average molecular weight is 417 g/mol. The van der Waals surface area contributed by atoms with Crippen LogP contribution in [0.3, 0.4) is 0 Å². The summed E-state index contributed by atoms with van der Waals surface area (Å²) in [4.78, 5) is 31.5. The molecule has 0 bridgehead atoms. The summed E-state index contributed by atoms with van der Waals surface area (Å²) in [6.45, 7) is 4.32. The number of anilines is 2. The van der Waals surface area contributed by atoms with Crippen molar-refractivity contribution in [3.63, 3.8) is 0 Å². The first-order valence-electron chi connectivity index (χ1n) is 10.8. The second-order valence-corrected chi connectivity index (χ2v) is 8.15. The number of hydrogen-bond donors (Lipinski definition) is 2. The first-order valence-corrected chi connectivity index (χ1v) is 10.8. The molecular weight excluding hydrogens is 388 g/mol. The van der Waals surface area contributed by atoms with Crippen LogP contribution in [0.25, 0.3) is 10.8 Å². The Bertz CT molecular complexity index is 1070. The predicted octanol–water partition coefficient (Wildman–Crippen LogP) is 4.22. The van der Waals surface area contributed by atoms with Crippen LogP contribution in [0.2, 0.25) is 0 Å². The highest BCUT2D eigenvalue weighted by atomic mass is 16.2. The van der Waals surface area contributed by atoms with Gasteiger partial charge in [0.1, 0.15) is 5.82 Å². The maximum atomic E-state index is 12.5. The van der Waals surface area contributed by atoms with E-state index in [4.69, 9.17) is 0 Å². The van der Waals surface area contributed by atoms with E-state index in [0.29, 0.717) is 18.8 Å². The number of pyridine rings is 1. The average Bonchev–Trinajstić information content (AvgIpc) is 2.78. The highest BCUT2D eigenvalue weighted by Gasteiger charge is 2.25. The molecule has 1 saturated heterocycles. The largest absolute Gasteiger partial charge is 0.325 e. The van der Waals surface area contributed by atoms with Crippen LogP contribution in [0.5, 0.6) is 0 Å². The van der Waals surface area contributed by atoms with Gasteiger partial charge in [0.15, 0.2) is 0 Å². The van der Waals surface area contributed by atoms with Crippen molar-refractivity contribution in [3.8, 4) is 0 Å². The van der Waals surface area contributed by atoms with Gasteiger partial charge in [-0.05, 0) is 62.0 Å². The lowest BCUT2D eigenvalue weighted by molar-refractivity contribution is -0.121. The van der Waals surface area contributed by atoms with Gasteiger partial charge < -0.3 is 15.5 Å². The molecular formula is C25H28N4O2. The molecule has 1 aromatic heterocycles. The van der Waals surface area contributed by atoms with E-state index in [1.165, 1.54) is 0 Å². The van der Waals surface area contributed by atoms with Crippen molar-refractivity contribution in [2.75, 3.05) is 30.3 Å². The summed E-state index contributed by atoms with van der Waals surface area (Å²) in [6.07, 6.45) is 3.73. The van der Waals surface area contributed by atoms with E-state index in [9.17, 15) is 9.59 Å². The summed E-state index contributed by atoms with van der Waals surface area (Å²) in [5.74, 6) is 0.647. The summed E-state index contributed by atoms with van der Waals surface area (Å²) in [5.41, 5.74) is 1.92. The van der Waals surface area contributed by atoms with Crippen molar-refractivity contribution in [1.82, 2.24) is 9.88 Å². The lowest BCUT2D eigenvalue weighted by Gasteiger charge is -2.31. The first kappa shape index (κ1) is 21.0. The highest BCUT2D eigenvalue weighted by Crippen LogP contribution is 2.23. The van der Waals surface area contributed by atoms with Gasteiger partial charge in [-0.3, -0.25) is 9.59 Å². The van der Waals surface area contributed by atoms with E-state index in [1.807, 2.05) is 61.5 Å². The molecule has 0 atom stereocenters. The van der Waals surface area contributed by atoms with Crippen molar-refractivity contribution >= 4 is 34.1 Å². The van der Waals surface area contributed by atoms with Crippen molar-refractivity contribution in [2.45, 2.75) is 26.2 Å². The number of hydrogen-bond acceptors (Lipinski definition) is 4. The number of aryl methyl sites for hydroxylation is 1. The zero-order valence-corrected chi connectivity index (χ0v) is 17.8. The molecule has 1 aliphatic rings. The second-order valence-electron chi connectivity index (χ2n) is 8.15. The third-order valence-corrected chi connectivity index (χ3v) is 5.84. The van der Waals surface area contributed by atoms with Gasteiger partial charge in [-0.2, -0.15) is 0 Å². The van der Waals surface area contributed by atoms with E-state index in [1.54, 1.807) is 6.20 Å². The first-order chi connectivity index (χ1) is 15.1. The Hall–Kier alpha value is -3.25. The molecule has 31 heavy (non-hydrogen) atoms. The van der Waals surface area contributed by atoms with Crippen LogP contribution in [0.1, 0.15) is 24.8 Å². The Morgan fingerprint density at radius 1 is 1.03 bits per heavy atom. The number of nitrogens with one attached hydrogen (secondary N) is 2. The zero-order valence-electron chi connectivity index (χ0n) is 17.8. The quantitative estimate of drug-likeness (QED) is 0.631. The number of nitrogens with zero attached hydrogens (tertiary/aromatic N) is 2. The lowest BCUT2D eigenvalue weighted by Crippen LogP contribution is -2.39. The zero-order chi connectivity index (χ0) is 21.6. The van der Waals surface area contributed by atoms with E-state index < -0.39 is 0 Å². The van der Waals surface area contributed by atoms with Crippen LogP contribution in [-0.4, -0.2) is 41.3 Å². The summed E-state index contributed by atoms with van der Waals surface area (Å²) in [7, 11) is 0. The smallest absolute Gasteiger partial charge is 0.228 e. The normalized spacial score (nSPS) is 15.0. The molecule has 0 aliphatic carbocycles. The monoisotopic (exact) mass is 416 g/mol. The van der Waals surface area contributed by atoms with Gasteiger partial charge in [-0.15, -0.1) is 0 Å². The fourth-order valence-electron chi connectivity index (χ4n) is 4.06. The molecule has 0 unspecified atom stereocenters. The third kappa shape index (κ3) is 5.47. The van der Waals surface area contributed by atoms with E-state index in [0.717, 1.165) is 48.0 Å². The van der Waals surface area contributed by atoms with Crippen molar-refractivity contribution < 1.29 is 9.59 Å². The Morgan fingerprint density at radius 2 is 1.81 bits per heavy atom. The Kier molecular flexibility index (Phi) is 6.57. The molecule has 4 rings (SSSR count). The van der Waals surface area contributed by atoms with Crippen LogP contribution < -0.4 is 10.6 Å². The van der Waals surface area contributed by atoms with Crippen molar-refractivity contribution in [2.24, 2.45) is 5.92 Å². The van der Waals surface area contributed by atoms with E-state index >= 15 is 0 Å². The van der Waals surface area contributed by atoms with E-state index in [2.05, 4.69) is 20.5 Å². The minimum Gasteiger partial charge on any atom is -0.325 e. The van der Waals surface area contributed by atoms with Gasteiger partial charge in [0.2, 0.25) is 11.8 Å². The number of fused-ring (bicyclic) bond motifs is 1. The minimum absolute atomic E-state index is 0.0110. The van der Waals surface area contributed by atoms with Crippen LogP contribution in [0.4, 0.5) is 11.5 Å². The SMILES string of the molecule is Cc1ccnc(NC(=O)C2CCN(CCC(=O)Nc3cccc4ccccc34)CC2)c1. The topological polar surface area (TPSA) is 74.3 Å². The molecule has 1 aliphatic heterocycles. The van der Waals surface area contributed by atoms with E-state index in [-0.39, 0.29) is 17.7 Å². The molecule has 6 heteroatoms. The van der Waals surface area contributed by atoms with Crippen LogP contribution >= 0.6 is 0 Å². The number of carbonyl (C=O) groups excluding carboxylic acids is 2. The number of carbonyl (C=O) groups is 2. The molecule has 1 fully saturated rings. The fourth-order valence-corrected chi connectivity index (χ4v) is 4.06. The highest BCUT2D eigenvalue weighted by molar-refractivity contribution is 6.02. The van der Waals surface area contributed by atoms with Gasteiger partial charge in [0.25, 0.3) is 0 Å². The maximum Gasteiger partial charge on any atom is 0.228 e. The molecule has 2 aromatic carbocycles. The van der Waals surface area contributed by atoms with Gasteiger partial charge in [-0.25, -0.2) is 4.98 Å². The molecule has 3 aromatic rings. The molecule has 2 N–H and O–H groups in total. The summed E-state index contributed by atoms with van der Waals surface area (Å²) >= 11 is 0. The summed E-state index contributed by atoms with van der Waals surface area (Å²) < 4.78 is 0. The number of rotatable bonds is 6. The van der Waals surface area contributed by atoms with Crippen LogP contribution in [0.15, 0.2) is 60.8 Å². The van der Waals surface area contributed by atoms with Crippen LogP contribution in [-0.2, 0) is 9.59 Å². The Labute approximate surface area is 182 Å². The summed E-state index contributed by atoms with van der Waals surface area (Å²) in [5, 5.41) is 8.14. The lowest BCUT2D eigenvalue weighted by atomic mass is 9.96. The standard InChI is InChI=1S/C25H28N4O2/c1-18-9-13-26-23(17-18)28-25(31)20-10-14-29(15-11-20)16-12-24(30)27-22-8-4-6-19-5-2-3-7-21(19)22/h2-9,13,17,20H,10-12,14-16H2,1H3,(H,27,30)(H,26,28,31). The third-order valence-electron chi connectivity index (χ3n) is 5.84. The number of piperidine rings is 1. The van der Waals surface area contributed by atoms with Gasteiger partial charge in [0.05, 0.1) is 0 Å². The molecule has 2 heterocycles. The van der Waals surface area contributed by atoms with Crippen molar-refractivity contribution in [3.05, 3.63) is 66.4 Å². The molecule has 0 saturated carbocycles. The Balaban J connectivity index is 1.23. The Morgan fingerprint density at radius 3 is 2.61 bits per heavy atom. The molecule has 0 radical (unpaired) electrons. The minimum atomic E-state index is -0.0110.